The molecule has 98 valence electrons. The first kappa shape index (κ1) is 14.7. The first-order valence-corrected chi connectivity index (χ1v) is 4.94. The topological polar surface area (TPSA) is 30.7 Å². The second kappa shape index (κ2) is 4.10. The maximum absolute atomic E-state index is 13.1. The Morgan fingerprint density at radius 3 is 1.88 bits per heavy atom. The Kier molecular flexibility index (Phi) is 3.55. The van der Waals surface area contributed by atoms with Crippen molar-refractivity contribution in [3.8, 4) is 0 Å². The predicted octanol–water partition coefficient (Wildman–Crippen LogP) is 3.30. The predicted molar refractivity (Wildman–Crippen MR) is 50.2 cm³/mol. The fourth-order valence-corrected chi connectivity index (χ4v) is 1.42. The Bertz CT molecular complexity index is 422. The smallest absolute Gasteiger partial charge is 0.245 e. The van der Waals surface area contributed by atoms with E-state index in [1.165, 1.54) is 0 Å². The van der Waals surface area contributed by atoms with Gasteiger partial charge in [0.25, 0.3) is 0 Å². The maximum Gasteiger partial charge on any atom is 0.459 e. The molecule has 1 rings (SSSR count). The zero-order valence-corrected chi connectivity index (χ0v) is 10.1. The molecule has 3 nitrogen and oxygen atoms in total. The third-order valence-corrected chi connectivity index (χ3v) is 2.29. The van der Waals surface area contributed by atoms with E-state index in [4.69, 9.17) is 34.8 Å². The van der Waals surface area contributed by atoms with E-state index in [0.29, 0.717) is 0 Å². The Balaban J connectivity index is 3.47. The lowest BCUT2D eigenvalue weighted by molar-refractivity contribution is -0.292. The summed E-state index contributed by atoms with van der Waals surface area (Å²) in [6, 6.07) is 0. The summed E-state index contributed by atoms with van der Waals surface area (Å²) in [5.41, 5.74) is -2.67. The standard InChI is InChI=1S/C6H3Cl3F5N3/c1-17-3(4(10,11)6(12,13)14)2(15-16-17)5(7,8)9/h1H3. The van der Waals surface area contributed by atoms with Crippen molar-refractivity contribution < 1.29 is 22.0 Å². The van der Waals surface area contributed by atoms with Crippen LogP contribution in [0.1, 0.15) is 11.4 Å². The fourth-order valence-electron chi connectivity index (χ4n) is 1.03. The summed E-state index contributed by atoms with van der Waals surface area (Å²) in [5.74, 6) is -5.22. The van der Waals surface area contributed by atoms with Gasteiger partial charge >= 0.3 is 12.1 Å². The molecular weight excluding hydrogens is 315 g/mol. The number of hydrogen-bond donors (Lipinski definition) is 0. The SMILES string of the molecule is Cn1nnc(C(Cl)(Cl)Cl)c1C(F)(F)C(F)(F)F. The molecule has 0 aliphatic carbocycles. The molecule has 0 radical (unpaired) electrons. The molecule has 1 heterocycles. The number of rotatable bonds is 1. The highest BCUT2D eigenvalue weighted by molar-refractivity contribution is 6.66. The second-order valence-corrected chi connectivity index (χ2v) is 5.26. The Morgan fingerprint density at radius 2 is 1.53 bits per heavy atom. The molecule has 17 heavy (non-hydrogen) atoms. The van der Waals surface area contributed by atoms with Crippen LogP contribution in [-0.2, 0) is 16.8 Å². The van der Waals surface area contributed by atoms with Crippen molar-refractivity contribution in [1.29, 1.82) is 0 Å². The van der Waals surface area contributed by atoms with Gasteiger partial charge in [-0.2, -0.15) is 22.0 Å². The number of nitrogens with zero attached hydrogens (tertiary/aromatic N) is 3. The molecule has 0 amide bonds. The van der Waals surface area contributed by atoms with Crippen LogP contribution in [0, 0.1) is 0 Å². The van der Waals surface area contributed by atoms with Crippen molar-refractivity contribution in [3.05, 3.63) is 11.4 Å². The highest BCUT2D eigenvalue weighted by Gasteiger charge is 2.63. The fraction of sp³-hybridized carbons (Fsp3) is 0.667. The van der Waals surface area contributed by atoms with Crippen LogP contribution >= 0.6 is 34.8 Å². The minimum Gasteiger partial charge on any atom is -0.245 e. The molecule has 0 aliphatic heterocycles. The summed E-state index contributed by atoms with van der Waals surface area (Å²) in [6.45, 7) is 0. The molecule has 0 saturated carbocycles. The number of aromatic nitrogens is 3. The number of hydrogen-bond acceptors (Lipinski definition) is 2. The Hall–Kier alpha value is -0.340. The molecule has 11 heteroatoms. The molecule has 0 N–H and O–H groups in total. The minimum atomic E-state index is -5.84. The van der Waals surface area contributed by atoms with E-state index < -0.39 is 27.3 Å². The minimum absolute atomic E-state index is 0.213. The van der Waals surface area contributed by atoms with Gasteiger partial charge < -0.3 is 0 Å². The summed E-state index contributed by atoms with van der Waals surface area (Å²) in [5, 5.41) is 6.00. The monoisotopic (exact) mass is 317 g/mol. The van der Waals surface area contributed by atoms with Gasteiger partial charge in [0, 0.05) is 7.05 Å². The zero-order chi connectivity index (χ0) is 13.6. The van der Waals surface area contributed by atoms with E-state index in [-0.39, 0.29) is 4.68 Å². The van der Waals surface area contributed by atoms with Gasteiger partial charge in [0.1, 0.15) is 11.4 Å². The number of alkyl halides is 8. The molecular formula is C6H3Cl3F5N3. The van der Waals surface area contributed by atoms with Crippen LogP contribution in [-0.4, -0.2) is 21.2 Å². The van der Waals surface area contributed by atoms with E-state index >= 15 is 0 Å². The van der Waals surface area contributed by atoms with E-state index in [1.807, 2.05) is 0 Å². The van der Waals surface area contributed by atoms with Gasteiger partial charge in [0.15, 0.2) is 0 Å². The largest absolute Gasteiger partial charge is 0.459 e. The van der Waals surface area contributed by atoms with Gasteiger partial charge in [-0.3, -0.25) is 0 Å². The first-order chi connectivity index (χ1) is 7.39. The van der Waals surface area contributed by atoms with Gasteiger partial charge in [0.05, 0.1) is 0 Å². The summed E-state index contributed by atoms with van der Waals surface area (Å²) in [4.78, 5) is 0. The van der Waals surface area contributed by atoms with Gasteiger partial charge in [-0.25, -0.2) is 4.68 Å². The van der Waals surface area contributed by atoms with Crippen molar-refractivity contribution in [2.75, 3.05) is 0 Å². The molecule has 0 saturated heterocycles. The maximum atomic E-state index is 13.1. The van der Waals surface area contributed by atoms with Crippen molar-refractivity contribution in [1.82, 2.24) is 15.0 Å². The van der Waals surface area contributed by atoms with Crippen LogP contribution in [0.4, 0.5) is 22.0 Å². The van der Waals surface area contributed by atoms with Gasteiger partial charge in [-0.15, -0.1) is 5.10 Å². The Morgan fingerprint density at radius 1 is 1.06 bits per heavy atom. The third kappa shape index (κ3) is 2.58. The van der Waals surface area contributed by atoms with E-state index in [1.54, 1.807) is 0 Å². The van der Waals surface area contributed by atoms with E-state index in [9.17, 15) is 22.0 Å². The lowest BCUT2D eigenvalue weighted by Crippen LogP contribution is -2.37. The molecule has 0 spiro atoms. The average Bonchev–Trinajstić information content (AvgIpc) is 2.44. The van der Waals surface area contributed by atoms with Crippen LogP contribution in [0.25, 0.3) is 0 Å². The molecule has 0 bridgehead atoms. The molecule has 1 aromatic heterocycles. The van der Waals surface area contributed by atoms with E-state index in [0.717, 1.165) is 7.05 Å². The highest BCUT2D eigenvalue weighted by atomic mass is 35.6. The van der Waals surface area contributed by atoms with Crippen LogP contribution in [0.3, 0.4) is 0 Å². The highest BCUT2D eigenvalue weighted by Crippen LogP contribution is 2.49. The zero-order valence-electron chi connectivity index (χ0n) is 7.87. The molecule has 0 aromatic carbocycles. The van der Waals surface area contributed by atoms with Gasteiger partial charge in [-0.1, -0.05) is 40.0 Å². The van der Waals surface area contributed by atoms with Crippen LogP contribution in [0.15, 0.2) is 0 Å². The lowest BCUT2D eigenvalue weighted by atomic mass is 10.2. The van der Waals surface area contributed by atoms with Crippen LogP contribution < -0.4 is 0 Å². The molecule has 0 atom stereocenters. The summed E-state index contributed by atoms with van der Waals surface area (Å²) >= 11 is 15.7. The summed E-state index contributed by atoms with van der Waals surface area (Å²) in [7, 11) is 0.835. The van der Waals surface area contributed by atoms with E-state index in [2.05, 4.69) is 10.3 Å². The number of aryl methyl sites for hydroxylation is 1. The Labute approximate surface area is 106 Å². The molecule has 0 fully saturated rings. The average molecular weight is 318 g/mol. The third-order valence-electron chi connectivity index (χ3n) is 1.75. The first-order valence-electron chi connectivity index (χ1n) is 3.81. The van der Waals surface area contributed by atoms with Crippen LogP contribution in [0.5, 0.6) is 0 Å². The summed E-state index contributed by atoms with van der Waals surface area (Å²) < 4.78 is 60.6. The van der Waals surface area contributed by atoms with Crippen LogP contribution in [0.2, 0.25) is 0 Å². The summed E-state index contributed by atoms with van der Waals surface area (Å²) in [6.07, 6.45) is -5.84. The molecule has 0 unspecified atom stereocenters. The van der Waals surface area contributed by atoms with Crippen molar-refractivity contribution in [3.63, 3.8) is 0 Å². The second-order valence-electron chi connectivity index (χ2n) is 2.98. The van der Waals surface area contributed by atoms with Gasteiger partial charge in [0.2, 0.25) is 3.79 Å². The number of halogens is 8. The van der Waals surface area contributed by atoms with Crippen molar-refractivity contribution in [2.24, 2.45) is 7.05 Å². The van der Waals surface area contributed by atoms with Crippen molar-refractivity contribution >= 4 is 34.8 Å². The molecule has 1 aromatic rings. The quantitative estimate of drug-likeness (QED) is 0.587. The normalized spacial score (nSPS) is 14.2. The van der Waals surface area contributed by atoms with Crippen molar-refractivity contribution in [2.45, 2.75) is 15.9 Å². The lowest BCUT2D eigenvalue weighted by Gasteiger charge is -2.21. The van der Waals surface area contributed by atoms with Gasteiger partial charge in [-0.05, 0) is 0 Å². The molecule has 0 aliphatic rings.